The Labute approximate surface area is 114 Å². The van der Waals surface area contributed by atoms with Crippen LogP contribution in [0.5, 0.6) is 0 Å². The van der Waals surface area contributed by atoms with E-state index < -0.39 is 24.0 Å². The molecule has 2 aromatic heterocycles. The maximum Gasteiger partial charge on any atom is 0.167 e. The third kappa shape index (κ3) is 1.70. The summed E-state index contributed by atoms with van der Waals surface area (Å²) in [6, 6.07) is 1.71. The second-order valence-corrected chi connectivity index (χ2v) is 5.10. The van der Waals surface area contributed by atoms with Crippen molar-refractivity contribution >= 4 is 16.9 Å². The Hall–Kier alpha value is -1.74. The molecule has 4 unspecified atom stereocenters. The van der Waals surface area contributed by atoms with E-state index in [9.17, 15) is 15.3 Å². The number of aliphatic hydroxyl groups is 3. The average molecular weight is 280 g/mol. The van der Waals surface area contributed by atoms with Gasteiger partial charge in [0.15, 0.2) is 6.23 Å². The Morgan fingerprint density at radius 3 is 2.90 bits per heavy atom. The van der Waals surface area contributed by atoms with Crippen LogP contribution in [0.25, 0.3) is 11.0 Å². The largest absolute Gasteiger partial charge is 0.394 e. The van der Waals surface area contributed by atoms with E-state index in [0.717, 1.165) is 0 Å². The fourth-order valence-electron chi connectivity index (χ4n) is 2.57. The Morgan fingerprint density at radius 2 is 2.25 bits per heavy atom. The van der Waals surface area contributed by atoms with Crippen molar-refractivity contribution in [1.29, 1.82) is 0 Å². The molecule has 0 spiro atoms. The predicted molar refractivity (Wildman–Crippen MR) is 69.6 cm³/mol. The van der Waals surface area contributed by atoms with Gasteiger partial charge in [0, 0.05) is 6.20 Å². The van der Waals surface area contributed by atoms with Gasteiger partial charge in [0.05, 0.1) is 12.0 Å². The summed E-state index contributed by atoms with van der Waals surface area (Å²) in [5.74, 6) is 0.325. The molecule has 3 rings (SSSR count). The van der Waals surface area contributed by atoms with Gasteiger partial charge < -0.3 is 30.4 Å². The summed E-state index contributed by atoms with van der Waals surface area (Å²) < 4.78 is 7.12. The Kier molecular flexibility index (Phi) is 2.91. The van der Waals surface area contributed by atoms with Gasteiger partial charge in [0.2, 0.25) is 0 Å². The molecule has 1 aliphatic heterocycles. The van der Waals surface area contributed by atoms with Gasteiger partial charge in [-0.1, -0.05) is 0 Å². The smallest absolute Gasteiger partial charge is 0.167 e. The molecular weight excluding hydrogens is 264 g/mol. The third-order valence-corrected chi connectivity index (χ3v) is 3.73. The van der Waals surface area contributed by atoms with Crippen LogP contribution in [0, 0.1) is 0 Å². The molecule has 1 saturated heterocycles. The lowest BCUT2D eigenvalue weighted by molar-refractivity contribution is -0.0948. The van der Waals surface area contributed by atoms with Gasteiger partial charge in [0.1, 0.15) is 35.6 Å². The zero-order valence-corrected chi connectivity index (χ0v) is 10.8. The number of hydrogen-bond donors (Lipinski definition) is 4. The predicted octanol–water partition coefficient (Wildman–Crippen LogP) is -0.985. The van der Waals surface area contributed by atoms with Gasteiger partial charge in [-0.25, -0.2) is 9.97 Å². The first-order chi connectivity index (χ1) is 9.46. The first-order valence-corrected chi connectivity index (χ1v) is 6.20. The standard InChI is InChI=1S/C12H16N4O4/c1-12(19)8(18)7(4-17)20-11(12)16-3-2-6-9(13)14-5-15-10(6)16/h2-3,5,7-8,11,17-19H,4H2,1H3,(H2,13,14,15). The summed E-state index contributed by atoms with van der Waals surface area (Å²) >= 11 is 0. The average Bonchev–Trinajstić information content (AvgIpc) is 2.92. The highest BCUT2D eigenvalue weighted by molar-refractivity contribution is 5.86. The molecule has 1 fully saturated rings. The third-order valence-electron chi connectivity index (χ3n) is 3.73. The summed E-state index contributed by atoms with van der Waals surface area (Å²) in [5, 5.41) is 30.3. The quantitative estimate of drug-likeness (QED) is 0.556. The second-order valence-electron chi connectivity index (χ2n) is 5.10. The van der Waals surface area contributed by atoms with Crippen molar-refractivity contribution in [3.63, 3.8) is 0 Å². The van der Waals surface area contributed by atoms with Crippen molar-refractivity contribution in [3.05, 3.63) is 18.6 Å². The highest BCUT2D eigenvalue weighted by Crippen LogP contribution is 2.39. The number of nitrogens with two attached hydrogens (primary N) is 1. The van der Waals surface area contributed by atoms with Crippen LogP contribution in [0.2, 0.25) is 0 Å². The van der Waals surface area contributed by atoms with E-state index in [1.807, 2.05) is 0 Å². The fourth-order valence-corrected chi connectivity index (χ4v) is 2.57. The highest BCUT2D eigenvalue weighted by atomic mass is 16.6. The number of anilines is 1. The van der Waals surface area contributed by atoms with Crippen LogP contribution < -0.4 is 5.73 Å². The van der Waals surface area contributed by atoms with Gasteiger partial charge in [-0.3, -0.25) is 0 Å². The van der Waals surface area contributed by atoms with Crippen LogP contribution >= 0.6 is 0 Å². The van der Waals surface area contributed by atoms with Crippen LogP contribution in [-0.2, 0) is 4.74 Å². The number of rotatable bonds is 2. The Morgan fingerprint density at radius 1 is 1.50 bits per heavy atom. The molecule has 0 bridgehead atoms. The van der Waals surface area contributed by atoms with Gasteiger partial charge >= 0.3 is 0 Å². The minimum Gasteiger partial charge on any atom is -0.394 e. The first-order valence-electron chi connectivity index (χ1n) is 6.20. The van der Waals surface area contributed by atoms with E-state index in [-0.39, 0.29) is 6.61 Å². The van der Waals surface area contributed by atoms with Crippen LogP contribution in [0.1, 0.15) is 13.2 Å². The molecule has 20 heavy (non-hydrogen) atoms. The summed E-state index contributed by atoms with van der Waals surface area (Å²) in [6.07, 6.45) is 0.0428. The van der Waals surface area contributed by atoms with Gasteiger partial charge in [-0.05, 0) is 13.0 Å². The normalized spacial score (nSPS) is 33.9. The number of aromatic nitrogens is 3. The van der Waals surface area contributed by atoms with Crippen molar-refractivity contribution in [2.24, 2.45) is 0 Å². The maximum atomic E-state index is 10.4. The lowest BCUT2D eigenvalue weighted by atomic mass is 9.96. The van der Waals surface area contributed by atoms with E-state index in [1.54, 1.807) is 16.8 Å². The van der Waals surface area contributed by atoms with E-state index in [4.69, 9.17) is 10.5 Å². The summed E-state index contributed by atoms with van der Waals surface area (Å²) in [7, 11) is 0. The number of nitrogen functional groups attached to an aromatic ring is 1. The molecule has 0 saturated carbocycles. The number of nitrogens with zero attached hydrogens (tertiary/aromatic N) is 3. The molecule has 4 atom stereocenters. The van der Waals surface area contributed by atoms with Crippen molar-refractivity contribution < 1.29 is 20.1 Å². The maximum absolute atomic E-state index is 10.4. The number of ether oxygens (including phenoxy) is 1. The number of aliphatic hydroxyl groups excluding tert-OH is 2. The summed E-state index contributed by atoms with van der Waals surface area (Å²) in [4.78, 5) is 8.01. The van der Waals surface area contributed by atoms with Crippen LogP contribution in [0.4, 0.5) is 5.82 Å². The van der Waals surface area contributed by atoms with Crippen LogP contribution in [0.15, 0.2) is 18.6 Å². The molecule has 1 aliphatic rings. The van der Waals surface area contributed by atoms with Crippen molar-refractivity contribution in [2.45, 2.75) is 31.0 Å². The highest BCUT2D eigenvalue weighted by Gasteiger charge is 2.53. The molecule has 3 heterocycles. The lowest BCUT2D eigenvalue weighted by Crippen LogP contribution is -2.44. The van der Waals surface area contributed by atoms with Crippen molar-refractivity contribution in [2.75, 3.05) is 12.3 Å². The topological polar surface area (TPSA) is 127 Å². The Balaban J connectivity index is 2.10. The molecule has 8 heteroatoms. The number of fused-ring (bicyclic) bond motifs is 1. The monoisotopic (exact) mass is 280 g/mol. The second kappa shape index (κ2) is 4.38. The molecule has 108 valence electrons. The Bertz CT molecular complexity index is 641. The molecule has 0 aromatic carbocycles. The SMILES string of the molecule is CC1(O)C(O)C(CO)OC1n1ccc2c(N)ncnc21. The van der Waals surface area contributed by atoms with Gasteiger partial charge in [-0.15, -0.1) is 0 Å². The number of hydrogen-bond acceptors (Lipinski definition) is 7. The van der Waals surface area contributed by atoms with Gasteiger partial charge in [0.25, 0.3) is 0 Å². The molecule has 0 radical (unpaired) electrons. The van der Waals surface area contributed by atoms with Crippen molar-refractivity contribution in [3.8, 4) is 0 Å². The first kappa shape index (κ1) is 13.3. The summed E-state index contributed by atoms with van der Waals surface area (Å²) in [6.45, 7) is 1.07. The van der Waals surface area contributed by atoms with Gasteiger partial charge in [-0.2, -0.15) is 0 Å². The van der Waals surface area contributed by atoms with E-state index in [2.05, 4.69) is 9.97 Å². The fraction of sp³-hybridized carbons (Fsp3) is 0.500. The zero-order chi connectivity index (χ0) is 14.5. The molecule has 8 nitrogen and oxygen atoms in total. The molecule has 2 aromatic rings. The molecular formula is C12H16N4O4. The van der Waals surface area contributed by atoms with Crippen molar-refractivity contribution in [1.82, 2.24) is 14.5 Å². The minimum absolute atomic E-state index is 0.325. The molecule has 5 N–H and O–H groups in total. The van der Waals surface area contributed by atoms with E-state index in [0.29, 0.717) is 16.9 Å². The van der Waals surface area contributed by atoms with Crippen LogP contribution in [-0.4, -0.2) is 54.3 Å². The van der Waals surface area contributed by atoms with Crippen LogP contribution in [0.3, 0.4) is 0 Å². The molecule has 0 amide bonds. The lowest BCUT2D eigenvalue weighted by Gasteiger charge is -2.27. The molecule has 0 aliphatic carbocycles. The summed E-state index contributed by atoms with van der Waals surface area (Å²) in [5.41, 5.74) is 4.70. The zero-order valence-electron chi connectivity index (χ0n) is 10.8. The van der Waals surface area contributed by atoms with E-state index in [1.165, 1.54) is 13.3 Å². The van der Waals surface area contributed by atoms with E-state index >= 15 is 0 Å². The minimum atomic E-state index is -1.56.